The van der Waals surface area contributed by atoms with Gasteiger partial charge in [-0.05, 0) is 68.4 Å². The van der Waals surface area contributed by atoms with E-state index in [0.717, 1.165) is 29.9 Å². The fraction of sp³-hybridized carbons (Fsp3) is 0.682. The molecule has 4 bridgehead atoms. The molecule has 0 radical (unpaired) electrons. The Bertz CT molecular complexity index is 647. The highest BCUT2D eigenvalue weighted by Gasteiger charge is 2.51. The van der Waals surface area contributed by atoms with Crippen LogP contribution in [0.25, 0.3) is 0 Å². The summed E-state index contributed by atoms with van der Waals surface area (Å²) in [6, 6.07) is 7.36. The third-order valence-corrected chi connectivity index (χ3v) is 7.33. The summed E-state index contributed by atoms with van der Waals surface area (Å²) in [5.74, 6) is 2.60. The number of halogens is 1. The number of hydrogen-bond donors (Lipinski definition) is 2. The molecule has 5 aliphatic rings. The summed E-state index contributed by atoms with van der Waals surface area (Å²) in [4.78, 5) is 14.3. The maximum Gasteiger partial charge on any atom is 0.275 e. The standard InChI is InChI=1S/C22H29FN2O/c23-19-3-1-15(2-4-19)13-25(20-5-6-20)14-21(26)24-22-10-16-7-17(11-22)9-18(8-16)12-22/h1-4,16-18,20H,5-14H2,(H,24,26)/p+1. The second-order valence-corrected chi connectivity index (χ2v) is 9.66. The van der Waals surface area contributed by atoms with Gasteiger partial charge in [-0.1, -0.05) is 12.1 Å². The number of amides is 1. The summed E-state index contributed by atoms with van der Waals surface area (Å²) in [6.45, 7) is 1.38. The summed E-state index contributed by atoms with van der Waals surface area (Å²) < 4.78 is 13.1. The van der Waals surface area contributed by atoms with Crippen molar-refractivity contribution in [2.24, 2.45) is 17.8 Å². The molecule has 0 aliphatic heterocycles. The molecule has 5 saturated carbocycles. The fourth-order valence-electron chi connectivity index (χ4n) is 6.52. The Morgan fingerprint density at radius 1 is 1.04 bits per heavy atom. The van der Waals surface area contributed by atoms with Gasteiger partial charge in [0.25, 0.3) is 5.91 Å². The Morgan fingerprint density at radius 3 is 2.15 bits per heavy atom. The highest BCUT2D eigenvalue weighted by molar-refractivity contribution is 5.77. The predicted molar refractivity (Wildman–Crippen MR) is 98.0 cm³/mol. The van der Waals surface area contributed by atoms with Crippen LogP contribution in [0.3, 0.4) is 0 Å². The molecule has 1 unspecified atom stereocenters. The Kier molecular flexibility index (Phi) is 4.07. The van der Waals surface area contributed by atoms with E-state index in [4.69, 9.17) is 0 Å². The van der Waals surface area contributed by atoms with Crippen LogP contribution in [0.5, 0.6) is 0 Å². The molecule has 4 heteroatoms. The normalized spacial score (nSPS) is 36.1. The van der Waals surface area contributed by atoms with Crippen LogP contribution in [0.15, 0.2) is 24.3 Å². The maximum absolute atomic E-state index is 13.1. The van der Waals surface area contributed by atoms with E-state index in [-0.39, 0.29) is 17.3 Å². The number of nitrogens with one attached hydrogen (secondary N) is 2. The summed E-state index contributed by atoms with van der Waals surface area (Å²) >= 11 is 0. The summed E-state index contributed by atoms with van der Waals surface area (Å²) in [5, 5.41) is 3.51. The lowest BCUT2D eigenvalue weighted by atomic mass is 9.53. The molecule has 5 fully saturated rings. The van der Waals surface area contributed by atoms with Crippen molar-refractivity contribution in [2.45, 2.75) is 69.5 Å². The maximum atomic E-state index is 13.1. The van der Waals surface area contributed by atoms with Crippen molar-refractivity contribution >= 4 is 5.91 Å². The van der Waals surface area contributed by atoms with E-state index >= 15 is 0 Å². The molecular weight excluding hydrogens is 327 g/mol. The van der Waals surface area contributed by atoms with Gasteiger partial charge in [-0.15, -0.1) is 0 Å². The van der Waals surface area contributed by atoms with Gasteiger partial charge in [0, 0.05) is 23.9 Å². The Labute approximate surface area is 155 Å². The van der Waals surface area contributed by atoms with E-state index in [1.165, 1.54) is 68.4 Å². The number of rotatable bonds is 6. The zero-order valence-electron chi connectivity index (χ0n) is 15.5. The quantitative estimate of drug-likeness (QED) is 0.806. The van der Waals surface area contributed by atoms with Crippen LogP contribution >= 0.6 is 0 Å². The first-order valence-corrected chi connectivity index (χ1v) is 10.5. The molecule has 0 saturated heterocycles. The van der Waals surface area contributed by atoms with Gasteiger partial charge in [0.2, 0.25) is 0 Å². The van der Waals surface area contributed by atoms with Crippen LogP contribution in [0.1, 0.15) is 56.9 Å². The molecule has 5 aliphatic carbocycles. The van der Waals surface area contributed by atoms with Crippen molar-refractivity contribution in [1.29, 1.82) is 0 Å². The number of carbonyl (C=O) groups is 1. The predicted octanol–water partition coefficient (Wildman–Crippen LogP) is 2.46. The molecule has 0 aromatic heterocycles. The highest BCUT2D eigenvalue weighted by atomic mass is 19.1. The van der Waals surface area contributed by atoms with Crippen molar-refractivity contribution in [2.75, 3.05) is 6.54 Å². The van der Waals surface area contributed by atoms with Gasteiger partial charge in [0.15, 0.2) is 6.54 Å². The molecule has 26 heavy (non-hydrogen) atoms. The lowest BCUT2D eigenvalue weighted by molar-refractivity contribution is -0.917. The van der Waals surface area contributed by atoms with Gasteiger partial charge in [-0.25, -0.2) is 4.39 Å². The zero-order chi connectivity index (χ0) is 17.7. The van der Waals surface area contributed by atoms with Gasteiger partial charge in [0.05, 0.1) is 6.04 Å². The van der Waals surface area contributed by atoms with Gasteiger partial charge < -0.3 is 10.2 Å². The van der Waals surface area contributed by atoms with Crippen LogP contribution < -0.4 is 10.2 Å². The molecular formula is C22H30FN2O+. The fourth-order valence-corrected chi connectivity index (χ4v) is 6.52. The van der Waals surface area contributed by atoms with Crippen molar-refractivity contribution in [3.05, 3.63) is 35.6 Å². The van der Waals surface area contributed by atoms with E-state index in [0.29, 0.717) is 12.6 Å². The number of hydrogen-bond acceptors (Lipinski definition) is 1. The largest absolute Gasteiger partial charge is 0.346 e. The molecule has 1 aromatic carbocycles. The molecule has 6 rings (SSSR count). The third kappa shape index (κ3) is 3.40. The summed E-state index contributed by atoms with van der Waals surface area (Å²) in [7, 11) is 0. The van der Waals surface area contributed by atoms with Gasteiger partial charge in [-0.2, -0.15) is 0 Å². The SMILES string of the molecule is O=C(C[NH+](Cc1ccc(F)cc1)C1CC1)NC12CC3CC(CC(C3)C1)C2. The molecule has 140 valence electrons. The first-order chi connectivity index (χ1) is 12.6. The van der Waals surface area contributed by atoms with Crippen molar-refractivity contribution in [3.63, 3.8) is 0 Å². The third-order valence-electron chi connectivity index (χ3n) is 7.33. The second kappa shape index (κ2) is 6.33. The van der Waals surface area contributed by atoms with Crippen LogP contribution in [0.4, 0.5) is 4.39 Å². The molecule has 0 heterocycles. The molecule has 0 spiro atoms. The monoisotopic (exact) mass is 357 g/mol. The van der Waals surface area contributed by atoms with E-state index in [9.17, 15) is 9.18 Å². The number of quaternary nitrogens is 1. The average molecular weight is 357 g/mol. The minimum atomic E-state index is -0.193. The van der Waals surface area contributed by atoms with Crippen molar-refractivity contribution < 1.29 is 14.1 Å². The van der Waals surface area contributed by atoms with E-state index < -0.39 is 0 Å². The Morgan fingerprint density at radius 2 is 1.62 bits per heavy atom. The number of carbonyl (C=O) groups excluding carboxylic acids is 1. The second-order valence-electron chi connectivity index (χ2n) is 9.66. The van der Waals surface area contributed by atoms with Gasteiger partial charge >= 0.3 is 0 Å². The minimum Gasteiger partial charge on any atom is -0.346 e. The van der Waals surface area contributed by atoms with Crippen LogP contribution in [0, 0.1) is 23.6 Å². The van der Waals surface area contributed by atoms with Crippen molar-refractivity contribution in [3.8, 4) is 0 Å². The van der Waals surface area contributed by atoms with E-state index in [2.05, 4.69) is 5.32 Å². The van der Waals surface area contributed by atoms with E-state index in [1.807, 2.05) is 12.1 Å². The molecule has 1 atom stereocenters. The average Bonchev–Trinajstić information content (AvgIpc) is 3.39. The van der Waals surface area contributed by atoms with E-state index in [1.54, 1.807) is 0 Å². The lowest BCUT2D eigenvalue weighted by Crippen LogP contribution is -3.13. The van der Waals surface area contributed by atoms with Gasteiger partial charge in [0.1, 0.15) is 12.4 Å². The summed E-state index contributed by atoms with van der Waals surface area (Å²) in [6.07, 6.45) is 10.3. The Hall–Kier alpha value is -1.42. The summed E-state index contributed by atoms with van der Waals surface area (Å²) in [5.41, 5.74) is 1.23. The topological polar surface area (TPSA) is 33.5 Å². The minimum absolute atomic E-state index is 0.108. The molecule has 2 N–H and O–H groups in total. The zero-order valence-corrected chi connectivity index (χ0v) is 15.5. The number of benzene rings is 1. The van der Waals surface area contributed by atoms with Crippen LogP contribution in [0.2, 0.25) is 0 Å². The lowest BCUT2D eigenvalue weighted by Gasteiger charge is -2.56. The molecule has 1 aromatic rings. The highest BCUT2D eigenvalue weighted by Crippen LogP contribution is 2.55. The van der Waals surface area contributed by atoms with Crippen LogP contribution in [-0.2, 0) is 11.3 Å². The van der Waals surface area contributed by atoms with Crippen molar-refractivity contribution in [1.82, 2.24) is 5.32 Å². The molecule has 3 nitrogen and oxygen atoms in total. The smallest absolute Gasteiger partial charge is 0.275 e. The van der Waals surface area contributed by atoms with Gasteiger partial charge in [-0.3, -0.25) is 4.79 Å². The molecule has 1 amide bonds. The van der Waals surface area contributed by atoms with Crippen LogP contribution in [-0.4, -0.2) is 24.0 Å². The Balaban J connectivity index is 1.23. The first-order valence-electron chi connectivity index (χ1n) is 10.5. The first kappa shape index (κ1) is 16.7.